The summed E-state index contributed by atoms with van der Waals surface area (Å²) in [5.41, 5.74) is 14.3. The molecule has 0 spiro atoms. The lowest BCUT2D eigenvalue weighted by Gasteiger charge is -2.14. The fourth-order valence-corrected chi connectivity index (χ4v) is 2.49. The first-order chi connectivity index (χ1) is 15.5. The van der Waals surface area contributed by atoms with Crippen molar-refractivity contribution in [3.63, 3.8) is 0 Å². The first-order valence-electron chi connectivity index (χ1n) is 9.63. The third kappa shape index (κ3) is 8.48. The van der Waals surface area contributed by atoms with Gasteiger partial charge in [-0.25, -0.2) is 5.48 Å². The normalized spacial score (nSPS) is 10.2. The molecule has 0 bridgehead atoms. The molecule has 0 radical (unpaired) electrons. The molecule has 0 heterocycles. The lowest BCUT2D eigenvalue weighted by atomic mass is 10.1. The summed E-state index contributed by atoms with van der Waals surface area (Å²) in [6.07, 6.45) is 0. The highest BCUT2D eigenvalue weighted by molar-refractivity contribution is 5.97. The van der Waals surface area contributed by atoms with E-state index in [1.54, 1.807) is 48.5 Å². The molecule has 8 N–H and O–H groups in total. The Morgan fingerprint density at radius 3 is 2.18 bits per heavy atom. The van der Waals surface area contributed by atoms with Crippen LogP contribution < -0.4 is 27.6 Å². The van der Waals surface area contributed by atoms with E-state index in [9.17, 15) is 14.4 Å². The summed E-state index contributed by atoms with van der Waals surface area (Å²) in [5.74, 6) is 9.65. The number of amides is 3. The van der Waals surface area contributed by atoms with Crippen molar-refractivity contribution >= 4 is 17.7 Å². The smallest absolute Gasteiger partial charge is 0.267 e. The van der Waals surface area contributed by atoms with Gasteiger partial charge in [-0.05, 0) is 54.3 Å². The highest BCUT2D eigenvalue weighted by Gasteiger charge is 2.19. The van der Waals surface area contributed by atoms with Gasteiger partial charge in [-0.3, -0.25) is 19.6 Å². The van der Waals surface area contributed by atoms with Crippen molar-refractivity contribution in [3.05, 3.63) is 70.8 Å². The summed E-state index contributed by atoms with van der Waals surface area (Å²) in [6.45, 7) is 0.593. The molecule has 2 rings (SSSR count). The molecule has 0 aromatic heterocycles. The molecule has 0 aliphatic rings. The molecule has 33 heavy (non-hydrogen) atoms. The summed E-state index contributed by atoms with van der Waals surface area (Å²) >= 11 is 0. The summed E-state index contributed by atoms with van der Waals surface area (Å²) in [6, 6.07) is 12.2. The Labute approximate surface area is 192 Å². The summed E-state index contributed by atoms with van der Waals surface area (Å²) < 4.78 is 0. The van der Waals surface area contributed by atoms with E-state index in [2.05, 4.69) is 34.3 Å². The van der Waals surface area contributed by atoms with Gasteiger partial charge in [-0.15, -0.1) is 0 Å². The lowest BCUT2D eigenvalue weighted by molar-refractivity contribution is -0.130. The van der Waals surface area contributed by atoms with Gasteiger partial charge in [-0.2, -0.15) is 0 Å². The first-order valence-corrected chi connectivity index (χ1v) is 9.63. The van der Waals surface area contributed by atoms with Gasteiger partial charge in [0.25, 0.3) is 17.7 Å². The molecule has 0 aliphatic heterocycles. The van der Waals surface area contributed by atoms with Crippen molar-refractivity contribution in [1.82, 2.24) is 16.1 Å². The molecule has 0 unspecified atom stereocenters. The molecule has 0 fully saturated rings. The molecule has 3 amide bonds. The van der Waals surface area contributed by atoms with E-state index in [1.165, 1.54) is 5.48 Å². The minimum absolute atomic E-state index is 0. The fraction of sp³-hybridized carbons (Fsp3) is 0.208. The Kier molecular flexibility index (Phi) is 11.4. The summed E-state index contributed by atoms with van der Waals surface area (Å²) in [4.78, 5) is 35.5. The van der Waals surface area contributed by atoms with Crippen molar-refractivity contribution in [2.75, 3.05) is 19.6 Å². The van der Waals surface area contributed by atoms with Gasteiger partial charge >= 0.3 is 0 Å². The van der Waals surface area contributed by atoms with Gasteiger partial charge in [-0.1, -0.05) is 25.3 Å². The van der Waals surface area contributed by atoms with Crippen molar-refractivity contribution in [3.8, 4) is 23.7 Å². The Morgan fingerprint density at radius 1 is 0.909 bits per heavy atom. The third-order valence-corrected chi connectivity index (χ3v) is 4.15. The second-order valence-corrected chi connectivity index (χ2v) is 6.44. The van der Waals surface area contributed by atoms with Crippen molar-refractivity contribution in [2.24, 2.45) is 11.5 Å². The third-order valence-electron chi connectivity index (χ3n) is 4.15. The van der Waals surface area contributed by atoms with E-state index < -0.39 is 17.9 Å². The molecule has 9 heteroatoms. The van der Waals surface area contributed by atoms with E-state index in [1.807, 2.05) is 0 Å². The number of hydroxylamine groups is 1. The van der Waals surface area contributed by atoms with E-state index in [0.717, 1.165) is 0 Å². The van der Waals surface area contributed by atoms with Crippen molar-refractivity contribution < 1.29 is 19.6 Å². The summed E-state index contributed by atoms with van der Waals surface area (Å²) in [7, 11) is 0. The number of carbonyl (C=O) groups is 3. The lowest BCUT2D eigenvalue weighted by Crippen LogP contribution is -2.50. The standard InChI is InChI=1S/C23H23N5O4.CH4/c24-12-13-26-21(29)19-7-3-6-17(14-19)5-2-1-4-16-8-10-18(11-9-16)22(30)27-20(15-25)23(31)28-32;/h3,6-11,14,20,32H,12-13,15,24-25H2,(H,26,29)(H,27,30)(H,28,31);1H4/t20-;/m0./s1. The maximum absolute atomic E-state index is 12.2. The second-order valence-electron chi connectivity index (χ2n) is 6.44. The molecule has 172 valence electrons. The Bertz CT molecular complexity index is 1090. The van der Waals surface area contributed by atoms with E-state index >= 15 is 0 Å². The van der Waals surface area contributed by atoms with Crippen molar-refractivity contribution in [2.45, 2.75) is 13.5 Å². The highest BCUT2D eigenvalue weighted by atomic mass is 16.5. The van der Waals surface area contributed by atoms with Crippen LogP contribution in [0.5, 0.6) is 0 Å². The van der Waals surface area contributed by atoms with Crippen LogP contribution in [0.4, 0.5) is 0 Å². The predicted molar refractivity (Wildman–Crippen MR) is 125 cm³/mol. The van der Waals surface area contributed by atoms with Crippen LogP contribution in [0.2, 0.25) is 0 Å². The monoisotopic (exact) mass is 449 g/mol. The molecule has 0 saturated carbocycles. The van der Waals surface area contributed by atoms with E-state index in [-0.39, 0.29) is 19.9 Å². The molecule has 0 aliphatic carbocycles. The van der Waals surface area contributed by atoms with Gasteiger partial charge in [0.2, 0.25) is 0 Å². The van der Waals surface area contributed by atoms with Crippen LogP contribution in [-0.4, -0.2) is 48.6 Å². The van der Waals surface area contributed by atoms with Crippen LogP contribution in [0.25, 0.3) is 0 Å². The molecular formula is C24H27N5O4. The number of nitrogens with two attached hydrogens (primary N) is 2. The molecule has 2 aromatic carbocycles. The maximum Gasteiger partial charge on any atom is 0.267 e. The van der Waals surface area contributed by atoms with Gasteiger partial charge in [0.15, 0.2) is 0 Å². The fourth-order valence-electron chi connectivity index (χ4n) is 2.49. The van der Waals surface area contributed by atoms with Crippen LogP contribution in [0.1, 0.15) is 39.3 Å². The zero-order valence-electron chi connectivity index (χ0n) is 17.1. The van der Waals surface area contributed by atoms with Crippen molar-refractivity contribution in [1.29, 1.82) is 0 Å². The number of hydrogen-bond donors (Lipinski definition) is 6. The second kappa shape index (κ2) is 14.0. The van der Waals surface area contributed by atoms with Crippen LogP contribution >= 0.6 is 0 Å². The van der Waals surface area contributed by atoms with E-state index in [4.69, 9.17) is 16.7 Å². The maximum atomic E-state index is 12.2. The number of carbonyl (C=O) groups excluding carboxylic acids is 3. The Morgan fingerprint density at radius 2 is 1.58 bits per heavy atom. The van der Waals surface area contributed by atoms with Crippen LogP contribution in [0, 0.1) is 23.7 Å². The van der Waals surface area contributed by atoms with Crippen LogP contribution in [0.15, 0.2) is 48.5 Å². The number of rotatable bonds is 7. The molecule has 2 aromatic rings. The van der Waals surface area contributed by atoms with Gasteiger partial charge in [0.05, 0.1) is 0 Å². The summed E-state index contributed by atoms with van der Waals surface area (Å²) in [5, 5.41) is 13.8. The zero-order valence-corrected chi connectivity index (χ0v) is 17.1. The topological polar surface area (TPSA) is 160 Å². The van der Waals surface area contributed by atoms with Crippen LogP contribution in [-0.2, 0) is 4.79 Å². The molecule has 1 atom stereocenters. The molecular weight excluding hydrogens is 422 g/mol. The average molecular weight is 450 g/mol. The number of hydrogen-bond acceptors (Lipinski definition) is 6. The predicted octanol–water partition coefficient (Wildman–Crippen LogP) is -0.0231. The SMILES string of the molecule is C.NCCNC(=O)c1cccc(C#CC#Cc2ccc(C(=O)N[C@@H](CN)C(=O)NO)cc2)c1. The zero-order chi connectivity index (χ0) is 23.3. The largest absolute Gasteiger partial charge is 0.351 e. The molecule has 9 nitrogen and oxygen atoms in total. The van der Waals surface area contributed by atoms with Gasteiger partial charge in [0.1, 0.15) is 6.04 Å². The minimum atomic E-state index is -1.05. The molecule has 0 saturated heterocycles. The minimum Gasteiger partial charge on any atom is -0.351 e. The average Bonchev–Trinajstić information content (AvgIpc) is 2.83. The Balaban J connectivity index is 0.00000544. The first kappa shape index (κ1) is 26.9. The number of nitrogens with one attached hydrogen (secondary N) is 3. The Hall–Kier alpha value is -4.15. The van der Waals surface area contributed by atoms with Gasteiger partial charge < -0.3 is 22.1 Å². The van der Waals surface area contributed by atoms with E-state index in [0.29, 0.717) is 35.3 Å². The highest BCUT2D eigenvalue weighted by Crippen LogP contribution is 2.05. The quantitative estimate of drug-likeness (QED) is 0.198. The van der Waals surface area contributed by atoms with Gasteiger partial charge in [0, 0.05) is 41.9 Å². The number of benzene rings is 2. The van der Waals surface area contributed by atoms with Crippen LogP contribution in [0.3, 0.4) is 0 Å².